The van der Waals surface area contributed by atoms with E-state index in [1.165, 1.54) is 16.2 Å². The van der Waals surface area contributed by atoms with Crippen LogP contribution >= 0.6 is 43.1 Å². The third-order valence-electron chi connectivity index (χ3n) is 8.70. The Balaban J connectivity index is 0.000000200. The standard InChI is InChI=1S/C24H18O2P2S4.C19H29N3O2S/c29-27(23-15-11-21(12-16-23)25-19-7-3-1-4-8-19)31-28(30,32-27)24-17-13-22(14-18-24)26-20-9-5-2-6-10-20;1-19(2,3)24-18(23)22-11-9-21(10-12-22)14-15-7-6-8-16(13-15)17(25)20(4)5/h1-18H;6-8,13H,9-12,14H2,1-5H3. The maximum Gasteiger partial charge on any atom is 0.410 e. The van der Waals surface area contributed by atoms with Gasteiger partial charge in [0.15, 0.2) is 0 Å². The van der Waals surface area contributed by atoms with Crippen molar-refractivity contribution in [3.8, 4) is 23.0 Å². The molecule has 7 nitrogen and oxygen atoms in total. The van der Waals surface area contributed by atoms with E-state index < -0.39 is 14.5 Å². The predicted octanol–water partition coefficient (Wildman–Crippen LogP) is 11.3. The Hall–Kier alpha value is -3.18. The number of rotatable bonds is 9. The summed E-state index contributed by atoms with van der Waals surface area (Å²) in [6.07, 6.45) is -0.217. The predicted molar refractivity (Wildman–Crippen MR) is 254 cm³/mol. The molecule has 0 aliphatic carbocycles. The van der Waals surface area contributed by atoms with Crippen LogP contribution in [-0.2, 0) is 34.9 Å². The van der Waals surface area contributed by atoms with E-state index in [0.29, 0.717) is 13.1 Å². The molecule has 0 unspecified atom stereocenters. The van der Waals surface area contributed by atoms with Crippen LogP contribution in [0.15, 0.2) is 133 Å². The Bertz CT molecular complexity index is 2110. The average molecular weight is 892 g/mol. The van der Waals surface area contributed by atoms with Crippen LogP contribution in [0.3, 0.4) is 0 Å². The molecule has 0 bridgehead atoms. The lowest BCUT2D eigenvalue weighted by Crippen LogP contribution is -2.49. The summed E-state index contributed by atoms with van der Waals surface area (Å²) in [4.78, 5) is 19.1. The van der Waals surface area contributed by atoms with Gasteiger partial charge in [0, 0.05) is 63.0 Å². The van der Waals surface area contributed by atoms with Crippen molar-refractivity contribution in [3.05, 3.63) is 145 Å². The highest BCUT2D eigenvalue weighted by molar-refractivity contribution is 9.48. The summed E-state index contributed by atoms with van der Waals surface area (Å²) in [5.74, 6) is 3.27. The second kappa shape index (κ2) is 19.3. The van der Waals surface area contributed by atoms with Gasteiger partial charge >= 0.3 is 6.09 Å². The Morgan fingerprint density at radius 2 is 1.12 bits per heavy atom. The van der Waals surface area contributed by atoms with Gasteiger partial charge in [-0.05, 0) is 105 Å². The van der Waals surface area contributed by atoms with Crippen molar-refractivity contribution in [1.82, 2.24) is 14.7 Å². The zero-order valence-electron chi connectivity index (χ0n) is 32.6. The van der Waals surface area contributed by atoms with Crippen molar-refractivity contribution in [3.63, 3.8) is 0 Å². The molecule has 0 atom stereocenters. The normalized spacial score (nSPS) is 19.3. The minimum absolute atomic E-state index is 0.217. The number of nitrogens with zero attached hydrogens (tertiary/aromatic N) is 3. The molecule has 298 valence electrons. The van der Waals surface area contributed by atoms with Gasteiger partial charge in [-0.25, -0.2) is 4.79 Å². The molecule has 5 aromatic carbocycles. The topological polar surface area (TPSA) is 54.5 Å². The van der Waals surface area contributed by atoms with E-state index in [1.807, 2.05) is 153 Å². The van der Waals surface area contributed by atoms with Gasteiger partial charge in [-0.15, -0.1) is 0 Å². The van der Waals surface area contributed by atoms with E-state index >= 15 is 0 Å². The molecule has 2 heterocycles. The fraction of sp³-hybridized carbons (Fsp3) is 0.256. The quantitative estimate of drug-likeness (QED) is 0.105. The molecule has 0 spiro atoms. The summed E-state index contributed by atoms with van der Waals surface area (Å²) in [6.45, 7) is 9.65. The molecule has 0 saturated carbocycles. The molecule has 2 fully saturated rings. The van der Waals surface area contributed by atoms with Crippen LogP contribution in [0.2, 0.25) is 0 Å². The first-order chi connectivity index (χ1) is 27.2. The molecular weight excluding hydrogens is 845 g/mol. The maximum absolute atomic E-state index is 12.1. The lowest BCUT2D eigenvalue weighted by Gasteiger charge is -2.40. The van der Waals surface area contributed by atoms with E-state index in [1.54, 1.807) is 4.90 Å². The van der Waals surface area contributed by atoms with Gasteiger partial charge in [-0.2, -0.15) is 0 Å². The zero-order chi connectivity index (χ0) is 40.6. The largest absolute Gasteiger partial charge is 0.457 e. The van der Waals surface area contributed by atoms with Crippen LogP contribution in [0.1, 0.15) is 31.9 Å². The number of hydrogen-bond donors (Lipinski definition) is 0. The molecule has 0 radical (unpaired) electrons. The van der Waals surface area contributed by atoms with E-state index in [0.717, 1.165) is 53.2 Å². The number of para-hydroxylation sites is 2. The molecular formula is C43H47N3O4P2S5. The number of hydrogen-bond acceptors (Lipinski definition) is 10. The fourth-order valence-electron chi connectivity index (χ4n) is 5.85. The third-order valence-corrected chi connectivity index (χ3v) is 40.5. The van der Waals surface area contributed by atoms with Crippen molar-refractivity contribution < 1.29 is 19.0 Å². The van der Waals surface area contributed by atoms with Gasteiger partial charge in [0.05, 0.1) is 8.88 Å². The molecule has 2 aliphatic heterocycles. The highest BCUT2D eigenvalue weighted by atomic mass is 33.7. The van der Waals surface area contributed by atoms with Crippen molar-refractivity contribution in [2.45, 2.75) is 32.9 Å². The molecule has 14 heteroatoms. The number of carbonyl (C=O) groups is 1. The highest BCUT2D eigenvalue weighted by Crippen LogP contribution is 3.04. The molecule has 7 rings (SSSR count). The monoisotopic (exact) mass is 891 g/mol. The minimum Gasteiger partial charge on any atom is -0.457 e. The SMILES string of the molecule is CN(C)C(=S)c1cccc(CN2CCN(C(=O)OC(C)(C)C)CC2)c1.S=P1(c2ccc(Oc3ccccc3)cc2)SP(=S)(c2ccc(Oc3ccccc3)cc2)S1. The average Bonchev–Trinajstić information content (AvgIpc) is 3.18. The molecule has 5 aromatic rings. The Kier molecular flexibility index (Phi) is 14.7. The number of amides is 1. The van der Waals surface area contributed by atoms with E-state index in [4.69, 9.17) is 50.0 Å². The second-order valence-electron chi connectivity index (χ2n) is 14.6. The van der Waals surface area contributed by atoms with Crippen molar-refractivity contribution in [2.75, 3.05) is 40.3 Å². The first-order valence-electron chi connectivity index (χ1n) is 18.5. The minimum atomic E-state index is -1.78. The van der Waals surface area contributed by atoms with E-state index in [9.17, 15) is 4.79 Å². The Morgan fingerprint density at radius 3 is 1.56 bits per heavy atom. The van der Waals surface area contributed by atoms with Crippen molar-refractivity contribution in [2.24, 2.45) is 0 Å². The van der Waals surface area contributed by atoms with Crippen LogP contribution in [0, 0.1) is 0 Å². The van der Waals surface area contributed by atoms with Crippen LogP contribution in [0.4, 0.5) is 4.79 Å². The summed E-state index contributed by atoms with van der Waals surface area (Å²) in [5, 5.41) is 2.37. The van der Waals surface area contributed by atoms with Crippen LogP contribution < -0.4 is 20.1 Å². The van der Waals surface area contributed by atoms with Crippen molar-refractivity contribution in [1.29, 1.82) is 0 Å². The second-order valence-corrected chi connectivity index (χ2v) is 36.3. The smallest absolute Gasteiger partial charge is 0.410 e. The summed E-state index contributed by atoms with van der Waals surface area (Å²) in [7, 11) is 3.93. The highest BCUT2D eigenvalue weighted by Gasteiger charge is 2.46. The summed E-state index contributed by atoms with van der Waals surface area (Å²) in [5.41, 5.74) is 1.87. The Morgan fingerprint density at radius 1 is 0.667 bits per heavy atom. The van der Waals surface area contributed by atoms with Crippen molar-refractivity contribution >= 4 is 88.4 Å². The fourth-order valence-corrected chi connectivity index (χ4v) is 48.3. The Labute approximate surface area is 360 Å². The van der Waals surface area contributed by atoms with Gasteiger partial charge < -0.3 is 24.0 Å². The molecule has 0 aromatic heterocycles. The number of piperazine rings is 1. The van der Waals surface area contributed by atoms with Gasteiger partial charge in [0.1, 0.15) is 33.6 Å². The number of ether oxygens (including phenoxy) is 3. The molecule has 57 heavy (non-hydrogen) atoms. The lowest BCUT2D eigenvalue weighted by atomic mass is 10.1. The molecule has 2 saturated heterocycles. The van der Waals surface area contributed by atoms with Crippen LogP contribution in [0.25, 0.3) is 0 Å². The van der Waals surface area contributed by atoms with Gasteiger partial charge in [-0.1, -0.05) is 112 Å². The van der Waals surface area contributed by atoms with Gasteiger partial charge in [0.2, 0.25) is 0 Å². The summed E-state index contributed by atoms with van der Waals surface area (Å²) in [6, 6.07) is 44.3. The number of carbonyl (C=O) groups excluding carboxylic acids is 1. The molecule has 1 amide bonds. The number of thiocarbonyl (C=S) groups is 1. The molecule has 0 N–H and O–H groups in total. The molecule has 2 aliphatic rings. The zero-order valence-corrected chi connectivity index (χ0v) is 38.5. The van der Waals surface area contributed by atoms with Gasteiger partial charge in [0.25, 0.3) is 0 Å². The first kappa shape index (κ1) is 43.4. The number of benzene rings is 5. The third kappa shape index (κ3) is 12.2. The van der Waals surface area contributed by atoms with E-state index in [-0.39, 0.29) is 6.09 Å². The van der Waals surface area contributed by atoms with Crippen LogP contribution in [0.5, 0.6) is 23.0 Å². The first-order valence-corrected chi connectivity index (χ1v) is 28.6. The lowest BCUT2D eigenvalue weighted by molar-refractivity contribution is 0.0139. The van der Waals surface area contributed by atoms with E-state index in [2.05, 4.69) is 47.4 Å². The van der Waals surface area contributed by atoms with Gasteiger partial charge in [-0.3, -0.25) is 4.90 Å². The van der Waals surface area contributed by atoms with Crippen LogP contribution in [-0.4, -0.2) is 71.7 Å². The maximum atomic E-state index is 12.1. The summed E-state index contributed by atoms with van der Waals surface area (Å²) >= 11 is 21.3. The summed E-state index contributed by atoms with van der Waals surface area (Å²) < 4.78 is 13.7.